The van der Waals surface area contributed by atoms with Gasteiger partial charge in [0.05, 0.1) is 19.3 Å². The van der Waals surface area contributed by atoms with Crippen LogP contribution in [0.1, 0.15) is 38.5 Å². The quantitative estimate of drug-likeness (QED) is 0.775. The molecule has 2 saturated heterocycles. The molecule has 1 aliphatic carbocycles. The fourth-order valence-corrected chi connectivity index (χ4v) is 3.22. The predicted molar refractivity (Wildman–Crippen MR) is 68.7 cm³/mol. The molecule has 1 saturated carbocycles. The number of nitrogens with zero attached hydrogens (tertiary/aromatic N) is 1. The van der Waals surface area contributed by atoms with Crippen LogP contribution in [0.2, 0.25) is 0 Å². The van der Waals surface area contributed by atoms with Crippen LogP contribution in [0.5, 0.6) is 0 Å². The van der Waals surface area contributed by atoms with Crippen molar-refractivity contribution in [3.05, 3.63) is 0 Å². The maximum Gasteiger partial charge on any atom is 0.248 e. The molecule has 0 bridgehead atoms. The summed E-state index contributed by atoms with van der Waals surface area (Å²) >= 11 is 0. The number of hydrogen-bond acceptors (Lipinski definition) is 4. The van der Waals surface area contributed by atoms with Gasteiger partial charge in [-0.1, -0.05) is 12.8 Å². The van der Waals surface area contributed by atoms with Crippen molar-refractivity contribution >= 4 is 5.91 Å². The monoisotopic (exact) mass is 269 g/mol. The zero-order valence-electron chi connectivity index (χ0n) is 11.4. The normalized spacial score (nSPS) is 27.3. The van der Waals surface area contributed by atoms with Crippen LogP contribution in [-0.2, 0) is 19.0 Å². The van der Waals surface area contributed by atoms with Crippen molar-refractivity contribution in [2.24, 2.45) is 0 Å². The van der Waals surface area contributed by atoms with Crippen LogP contribution >= 0.6 is 0 Å². The Kier molecular flexibility index (Phi) is 4.05. The van der Waals surface area contributed by atoms with Gasteiger partial charge in [0.2, 0.25) is 5.91 Å². The first-order valence-corrected chi connectivity index (χ1v) is 7.45. The SMILES string of the molecule is O=C(COC1CCCC1)N1CCC2(CC1)OCCO2. The third kappa shape index (κ3) is 3.09. The van der Waals surface area contributed by atoms with Crippen molar-refractivity contribution < 1.29 is 19.0 Å². The minimum Gasteiger partial charge on any atom is -0.368 e. The largest absolute Gasteiger partial charge is 0.368 e. The van der Waals surface area contributed by atoms with E-state index < -0.39 is 5.79 Å². The summed E-state index contributed by atoms with van der Waals surface area (Å²) in [7, 11) is 0. The Balaban J connectivity index is 1.41. The zero-order valence-corrected chi connectivity index (χ0v) is 11.4. The van der Waals surface area contributed by atoms with Crippen molar-refractivity contribution in [1.82, 2.24) is 4.90 Å². The first-order valence-electron chi connectivity index (χ1n) is 7.45. The Morgan fingerprint density at radius 2 is 1.79 bits per heavy atom. The van der Waals surface area contributed by atoms with Gasteiger partial charge in [-0.3, -0.25) is 4.79 Å². The Morgan fingerprint density at radius 1 is 1.16 bits per heavy atom. The Labute approximate surface area is 114 Å². The topological polar surface area (TPSA) is 48.0 Å². The summed E-state index contributed by atoms with van der Waals surface area (Å²) in [6.45, 7) is 3.02. The van der Waals surface area contributed by atoms with Crippen molar-refractivity contribution in [2.45, 2.75) is 50.4 Å². The molecule has 2 heterocycles. The van der Waals surface area contributed by atoms with Gasteiger partial charge in [0, 0.05) is 25.9 Å². The molecule has 108 valence electrons. The van der Waals surface area contributed by atoms with E-state index in [0.717, 1.165) is 25.7 Å². The minimum atomic E-state index is -0.400. The number of carbonyl (C=O) groups excluding carboxylic acids is 1. The zero-order chi connectivity index (χ0) is 13.1. The Hall–Kier alpha value is -0.650. The van der Waals surface area contributed by atoms with Crippen molar-refractivity contribution in [2.75, 3.05) is 32.9 Å². The summed E-state index contributed by atoms with van der Waals surface area (Å²) in [4.78, 5) is 14.0. The first kappa shape index (κ1) is 13.3. The molecular formula is C14H23NO4. The summed E-state index contributed by atoms with van der Waals surface area (Å²) in [5.41, 5.74) is 0. The molecule has 19 heavy (non-hydrogen) atoms. The molecule has 3 fully saturated rings. The molecule has 0 atom stereocenters. The molecule has 1 amide bonds. The molecule has 1 spiro atoms. The molecule has 3 rings (SSSR count). The van der Waals surface area contributed by atoms with Crippen LogP contribution in [0, 0.1) is 0 Å². The van der Waals surface area contributed by atoms with E-state index in [-0.39, 0.29) is 12.5 Å². The third-order valence-corrected chi connectivity index (χ3v) is 4.44. The van der Waals surface area contributed by atoms with Gasteiger partial charge in [-0.15, -0.1) is 0 Å². The second-order valence-corrected chi connectivity index (χ2v) is 5.71. The average molecular weight is 269 g/mol. The van der Waals surface area contributed by atoms with Gasteiger partial charge in [0.1, 0.15) is 6.61 Å². The number of rotatable bonds is 3. The molecule has 2 aliphatic heterocycles. The second-order valence-electron chi connectivity index (χ2n) is 5.71. The average Bonchev–Trinajstić information content (AvgIpc) is 3.09. The third-order valence-electron chi connectivity index (χ3n) is 4.44. The number of amides is 1. The molecular weight excluding hydrogens is 246 g/mol. The van der Waals surface area contributed by atoms with Crippen molar-refractivity contribution in [3.63, 3.8) is 0 Å². The van der Waals surface area contributed by atoms with Crippen molar-refractivity contribution in [1.29, 1.82) is 0 Å². The minimum absolute atomic E-state index is 0.111. The highest BCUT2D eigenvalue weighted by molar-refractivity contribution is 5.77. The highest BCUT2D eigenvalue weighted by Gasteiger charge is 2.40. The van der Waals surface area contributed by atoms with E-state index in [4.69, 9.17) is 14.2 Å². The molecule has 0 aromatic carbocycles. The molecule has 5 heteroatoms. The molecule has 0 N–H and O–H groups in total. The van der Waals surface area contributed by atoms with E-state index in [1.165, 1.54) is 12.8 Å². The molecule has 0 aromatic heterocycles. The van der Waals surface area contributed by atoms with E-state index in [9.17, 15) is 4.79 Å². The van der Waals surface area contributed by atoms with Crippen LogP contribution in [0.25, 0.3) is 0 Å². The number of carbonyl (C=O) groups is 1. The highest BCUT2D eigenvalue weighted by Crippen LogP contribution is 2.31. The van der Waals surface area contributed by atoms with Gasteiger partial charge in [-0.25, -0.2) is 0 Å². The van der Waals surface area contributed by atoms with Gasteiger partial charge >= 0.3 is 0 Å². The molecule has 0 radical (unpaired) electrons. The van der Waals surface area contributed by atoms with Crippen LogP contribution in [0.3, 0.4) is 0 Å². The molecule has 3 aliphatic rings. The fraction of sp³-hybridized carbons (Fsp3) is 0.929. The van der Waals surface area contributed by atoms with Crippen LogP contribution in [0.15, 0.2) is 0 Å². The summed E-state index contributed by atoms with van der Waals surface area (Å²) in [6, 6.07) is 0. The van der Waals surface area contributed by atoms with Crippen LogP contribution in [-0.4, -0.2) is 55.6 Å². The number of likely N-dealkylation sites (tertiary alicyclic amines) is 1. The van der Waals surface area contributed by atoms with Gasteiger partial charge < -0.3 is 19.1 Å². The van der Waals surface area contributed by atoms with Gasteiger partial charge in [-0.05, 0) is 12.8 Å². The number of hydrogen-bond donors (Lipinski definition) is 0. The maximum atomic E-state index is 12.1. The second kappa shape index (κ2) is 5.77. The predicted octanol–water partition coefficient (Wildman–Crippen LogP) is 1.31. The highest BCUT2D eigenvalue weighted by atomic mass is 16.7. The van der Waals surface area contributed by atoms with E-state index >= 15 is 0 Å². The fourth-order valence-electron chi connectivity index (χ4n) is 3.22. The lowest BCUT2D eigenvalue weighted by Gasteiger charge is -2.37. The molecule has 0 unspecified atom stereocenters. The van der Waals surface area contributed by atoms with E-state index in [0.29, 0.717) is 32.4 Å². The summed E-state index contributed by atoms with van der Waals surface area (Å²) in [6.07, 6.45) is 6.56. The lowest BCUT2D eigenvalue weighted by molar-refractivity contribution is -0.188. The smallest absolute Gasteiger partial charge is 0.248 e. The maximum absolute atomic E-state index is 12.1. The summed E-state index contributed by atoms with van der Waals surface area (Å²) in [5, 5.41) is 0. The van der Waals surface area contributed by atoms with Crippen LogP contribution in [0.4, 0.5) is 0 Å². The van der Waals surface area contributed by atoms with E-state index in [2.05, 4.69) is 0 Å². The van der Waals surface area contributed by atoms with Crippen LogP contribution < -0.4 is 0 Å². The van der Waals surface area contributed by atoms with Gasteiger partial charge in [0.25, 0.3) is 0 Å². The molecule has 0 aromatic rings. The van der Waals surface area contributed by atoms with Gasteiger partial charge in [0.15, 0.2) is 5.79 Å². The molecule has 5 nitrogen and oxygen atoms in total. The first-order chi connectivity index (χ1) is 9.27. The van der Waals surface area contributed by atoms with Gasteiger partial charge in [-0.2, -0.15) is 0 Å². The summed E-state index contributed by atoms with van der Waals surface area (Å²) < 4.78 is 17.0. The van der Waals surface area contributed by atoms with Crippen molar-refractivity contribution in [3.8, 4) is 0 Å². The standard InChI is InChI=1S/C14H23NO4/c16-13(11-17-12-3-1-2-4-12)15-7-5-14(6-8-15)18-9-10-19-14/h12H,1-11H2. The van der Waals surface area contributed by atoms with E-state index in [1.54, 1.807) is 0 Å². The lowest BCUT2D eigenvalue weighted by Crippen LogP contribution is -2.48. The Morgan fingerprint density at radius 3 is 2.42 bits per heavy atom. The number of ether oxygens (including phenoxy) is 3. The summed E-state index contributed by atoms with van der Waals surface area (Å²) in [5.74, 6) is -0.289. The number of piperidine rings is 1. The lowest BCUT2D eigenvalue weighted by atomic mass is 10.0. The van der Waals surface area contributed by atoms with E-state index in [1.807, 2.05) is 4.90 Å². The Bertz CT molecular complexity index is 311.